The summed E-state index contributed by atoms with van der Waals surface area (Å²) in [6.07, 6.45) is 5.35. The standard InChI is InChI=1S/C58H58N4O/c1-55(2,3)44-32-45(56(4,5)6)34-47(33-44)61-31-30-60(39-61)46-22-17-23-48(37-46)63-49-25-26-50-51-35-42(57(7,8)40-18-13-11-14-19-40)24-27-52(51)62(53(50)38-49)54-36-43(28-29-59-54)58(9,10)41-20-15-12-16-21-41/h11-38H,1-10H3/i30D,31D. The van der Waals surface area contributed by atoms with Gasteiger partial charge in [0.05, 0.1) is 25.1 Å². The molecule has 9 rings (SSSR count). The van der Waals surface area contributed by atoms with Gasteiger partial charge in [0.25, 0.3) is 6.33 Å². The summed E-state index contributed by atoms with van der Waals surface area (Å²) in [5, 5.41) is 2.23. The Morgan fingerprint density at radius 1 is 0.524 bits per heavy atom. The maximum Gasteiger partial charge on any atom is 0.268 e. The van der Waals surface area contributed by atoms with E-state index in [-0.39, 0.29) is 34.0 Å². The van der Waals surface area contributed by atoms with Crippen LogP contribution in [0.2, 0.25) is 0 Å². The molecule has 63 heavy (non-hydrogen) atoms. The summed E-state index contributed by atoms with van der Waals surface area (Å²) in [5.74, 6) is 2.09. The third kappa shape index (κ3) is 7.97. The predicted octanol–water partition coefficient (Wildman–Crippen LogP) is 14.1. The summed E-state index contributed by atoms with van der Waals surface area (Å²) in [6.45, 7) is 22.3. The van der Waals surface area contributed by atoms with E-state index in [9.17, 15) is 0 Å². The summed E-state index contributed by atoms with van der Waals surface area (Å²) in [4.78, 5) is 5.02. The molecule has 0 saturated carbocycles. The van der Waals surface area contributed by atoms with Crippen LogP contribution in [0.1, 0.15) is 105 Å². The Labute approximate surface area is 376 Å². The van der Waals surface area contributed by atoms with Gasteiger partial charge in [-0.25, -0.2) is 4.98 Å². The monoisotopic (exact) mass is 828 g/mol. The van der Waals surface area contributed by atoms with Gasteiger partial charge in [0.15, 0.2) is 0 Å². The number of hydrogen-bond donors (Lipinski definition) is 0. The van der Waals surface area contributed by atoms with E-state index in [0.29, 0.717) is 17.2 Å². The van der Waals surface area contributed by atoms with E-state index in [2.05, 4.69) is 201 Å². The third-order valence-corrected chi connectivity index (χ3v) is 12.8. The smallest absolute Gasteiger partial charge is 0.268 e. The molecule has 0 fully saturated rings. The molecule has 6 aromatic carbocycles. The predicted molar refractivity (Wildman–Crippen MR) is 259 cm³/mol. The zero-order valence-electron chi connectivity index (χ0n) is 40.2. The fraction of sp³-hybridized carbons (Fsp3) is 0.241. The molecule has 0 radical (unpaired) electrons. The van der Waals surface area contributed by atoms with Crippen LogP contribution in [-0.4, -0.2) is 14.1 Å². The molecule has 0 N–H and O–H groups in total. The van der Waals surface area contributed by atoms with Gasteiger partial charge < -0.3 is 4.74 Å². The lowest BCUT2D eigenvalue weighted by Crippen LogP contribution is -2.30. The minimum Gasteiger partial charge on any atom is -0.458 e. The largest absolute Gasteiger partial charge is 0.458 e. The fourth-order valence-electron chi connectivity index (χ4n) is 8.60. The van der Waals surface area contributed by atoms with Crippen molar-refractivity contribution in [1.29, 1.82) is 0 Å². The van der Waals surface area contributed by atoms with Crippen LogP contribution in [0.15, 0.2) is 170 Å². The molecule has 0 aliphatic carbocycles. The normalized spacial score (nSPS) is 13.0. The van der Waals surface area contributed by atoms with Crippen LogP contribution in [0.4, 0.5) is 0 Å². The van der Waals surface area contributed by atoms with Crippen LogP contribution in [0.5, 0.6) is 11.5 Å². The molecule has 9 aromatic rings. The number of nitrogens with zero attached hydrogens (tertiary/aromatic N) is 4. The summed E-state index contributed by atoms with van der Waals surface area (Å²) in [6, 6.07) is 52.9. The van der Waals surface area contributed by atoms with Crippen molar-refractivity contribution in [3.05, 3.63) is 210 Å². The second kappa shape index (κ2) is 15.6. The maximum absolute atomic E-state index is 9.07. The summed E-state index contributed by atoms with van der Waals surface area (Å²) >= 11 is 0. The average molecular weight is 829 g/mol. The van der Waals surface area contributed by atoms with Crippen molar-refractivity contribution in [3.63, 3.8) is 0 Å². The van der Waals surface area contributed by atoms with Crippen molar-refractivity contribution in [2.24, 2.45) is 0 Å². The number of benzene rings is 6. The molecular weight excluding hydrogens is 769 g/mol. The molecule has 3 heterocycles. The Bertz CT molecular complexity index is 3190. The number of pyridine rings is 1. The van der Waals surface area contributed by atoms with Crippen molar-refractivity contribution in [2.45, 2.75) is 90.9 Å². The Kier molecular flexibility index (Phi) is 9.67. The highest BCUT2D eigenvalue weighted by Gasteiger charge is 2.27. The van der Waals surface area contributed by atoms with E-state index < -0.39 is 0 Å². The number of hydrogen-bond acceptors (Lipinski definition) is 2. The Morgan fingerprint density at radius 2 is 1.14 bits per heavy atom. The average Bonchev–Trinajstić information content (AvgIpc) is 3.78. The highest BCUT2D eigenvalue weighted by Crippen LogP contribution is 2.40. The fourth-order valence-corrected chi connectivity index (χ4v) is 8.60. The van der Waals surface area contributed by atoms with Crippen molar-refractivity contribution in [2.75, 3.05) is 0 Å². The summed E-state index contributed by atoms with van der Waals surface area (Å²) < 4.78 is 30.4. The van der Waals surface area contributed by atoms with Crippen LogP contribution < -0.4 is 9.30 Å². The van der Waals surface area contributed by atoms with E-state index in [1.54, 1.807) is 9.13 Å². The second-order valence-corrected chi connectivity index (χ2v) is 20.0. The first-order chi connectivity index (χ1) is 30.8. The highest BCUT2D eigenvalue weighted by atomic mass is 16.5. The lowest BCUT2D eigenvalue weighted by atomic mass is 9.78. The van der Waals surface area contributed by atoms with Gasteiger partial charge in [0.2, 0.25) is 0 Å². The highest BCUT2D eigenvalue weighted by molar-refractivity contribution is 6.09. The number of fused-ring (bicyclic) bond motifs is 3. The van der Waals surface area contributed by atoms with E-state index in [4.69, 9.17) is 12.5 Å². The van der Waals surface area contributed by atoms with E-state index in [0.717, 1.165) is 33.3 Å². The zero-order chi connectivity index (χ0) is 46.1. The quantitative estimate of drug-likeness (QED) is 0.107. The molecule has 5 nitrogen and oxygen atoms in total. The molecule has 316 valence electrons. The van der Waals surface area contributed by atoms with Crippen LogP contribution in [0.25, 0.3) is 39.0 Å². The van der Waals surface area contributed by atoms with Crippen LogP contribution >= 0.6 is 0 Å². The lowest BCUT2D eigenvalue weighted by Gasteiger charge is -2.27. The molecule has 0 bridgehead atoms. The molecular formula is C58H58N4O. The molecule has 3 aromatic heterocycles. The molecule has 0 saturated heterocycles. The maximum atomic E-state index is 9.07. The van der Waals surface area contributed by atoms with Crippen LogP contribution in [-0.2, 0) is 21.7 Å². The van der Waals surface area contributed by atoms with Gasteiger partial charge >= 0.3 is 0 Å². The van der Waals surface area contributed by atoms with Gasteiger partial charge in [-0.1, -0.05) is 148 Å². The van der Waals surface area contributed by atoms with Gasteiger partial charge in [-0.3, -0.25) is 13.7 Å². The van der Waals surface area contributed by atoms with Crippen molar-refractivity contribution < 1.29 is 12.0 Å². The molecule has 5 heteroatoms. The topological polar surface area (TPSA) is 35.9 Å². The number of ether oxygens (including phenoxy) is 1. The zero-order valence-corrected chi connectivity index (χ0v) is 38.2. The number of rotatable bonds is 9. The van der Waals surface area contributed by atoms with Gasteiger partial charge in [-0.05, 0) is 111 Å². The Balaban J connectivity index is 1.13. The van der Waals surface area contributed by atoms with Gasteiger partial charge in [0, 0.05) is 46.2 Å². The Morgan fingerprint density at radius 3 is 1.78 bits per heavy atom. The molecule has 0 aliphatic heterocycles. The molecule has 0 unspecified atom stereocenters. The van der Waals surface area contributed by atoms with Gasteiger partial charge in [0.1, 0.15) is 17.3 Å². The molecule has 0 atom stereocenters. The third-order valence-electron chi connectivity index (χ3n) is 12.8. The van der Waals surface area contributed by atoms with Crippen LogP contribution in [0, 0.1) is 6.33 Å². The second-order valence-electron chi connectivity index (χ2n) is 20.0. The number of aromatic nitrogens is 4. The molecule has 0 aliphatic rings. The van der Waals surface area contributed by atoms with Crippen molar-refractivity contribution >= 4 is 21.8 Å². The molecule has 0 amide bonds. The minimum absolute atomic E-state index is 0.0338. The Hall–Kier alpha value is -6.72. The summed E-state index contributed by atoms with van der Waals surface area (Å²) in [7, 11) is 0. The van der Waals surface area contributed by atoms with E-state index in [1.165, 1.54) is 33.4 Å². The first kappa shape index (κ1) is 39.1. The van der Waals surface area contributed by atoms with E-state index in [1.807, 2.05) is 36.5 Å². The first-order valence-corrected chi connectivity index (χ1v) is 22.0. The van der Waals surface area contributed by atoms with Crippen LogP contribution in [0.3, 0.4) is 0 Å². The van der Waals surface area contributed by atoms with Gasteiger partial charge in [-0.15, -0.1) is 0 Å². The van der Waals surface area contributed by atoms with Crippen molar-refractivity contribution in [1.82, 2.24) is 14.1 Å². The first-order valence-electron chi connectivity index (χ1n) is 23.0. The van der Waals surface area contributed by atoms with Crippen molar-refractivity contribution in [3.8, 4) is 28.7 Å². The lowest BCUT2D eigenvalue weighted by molar-refractivity contribution is -0.599. The summed E-state index contributed by atoms with van der Waals surface area (Å²) in [5.41, 5.74) is 10.1. The SMILES string of the molecule is [2H]c1c([2H])[n+](-c2cc(C(C)(C)C)cc(C(C)(C)C)c2)[c-]n1-c1cccc(Oc2ccc3c4cc(C(C)(C)c5ccccc5)ccc4n(-c4cc(C(C)(C)c5ccccc5)ccn4)c3c2)c1. The minimum atomic E-state index is -0.258. The van der Waals surface area contributed by atoms with E-state index >= 15 is 0 Å². The molecule has 0 spiro atoms. The van der Waals surface area contributed by atoms with Gasteiger partial charge in [-0.2, -0.15) is 0 Å². The number of imidazole rings is 1.